The molecule has 0 aliphatic heterocycles. The van der Waals surface area contributed by atoms with Gasteiger partial charge in [0.1, 0.15) is 11.4 Å². The van der Waals surface area contributed by atoms with E-state index in [2.05, 4.69) is 0 Å². The van der Waals surface area contributed by atoms with E-state index in [1.165, 1.54) is 0 Å². The molecule has 19 heavy (non-hydrogen) atoms. The smallest absolute Gasteiger partial charge is 0.194 e. The highest BCUT2D eigenvalue weighted by atomic mass is 16.5. The number of rotatable bonds is 4. The van der Waals surface area contributed by atoms with Crippen LogP contribution in [0.4, 0.5) is 0 Å². The summed E-state index contributed by atoms with van der Waals surface area (Å²) in [5.74, 6) is 0.602. The molecule has 1 aromatic rings. The van der Waals surface area contributed by atoms with E-state index >= 15 is 0 Å². The lowest BCUT2D eigenvalue weighted by Gasteiger charge is -2.30. The maximum atomic E-state index is 12.4. The van der Waals surface area contributed by atoms with Crippen molar-refractivity contribution in [3.05, 3.63) is 29.8 Å². The van der Waals surface area contributed by atoms with Crippen LogP contribution in [0.3, 0.4) is 0 Å². The van der Waals surface area contributed by atoms with Crippen molar-refractivity contribution >= 4 is 5.78 Å². The maximum Gasteiger partial charge on any atom is 0.194 e. The summed E-state index contributed by atoms with van der Waals surface area (Å²) in [5, 5.41) is 10.4. The summed E-state index contributed by atoms with van der Waals surface area (Å²) < 4.78 is 5.55. The molecule has 1 N–H and O–H groups in total. The van der Waals surface area contributed by atoms with Crippen molar-refractivity contribution < 1.29 is 14.6 Å². The number of aliphatic hydroxyl groups is 1. The van der Waals surface area contributed by atoms with Gasteiger partial charge in [0.15, 0.2) is 5.78 Å². The van der Waals surface area contributed by atoms with Gasteiger partial charge in [0.05, 0.1) is 6.10 Å². The first-order chi connectivity index (χ1) is 9.01. The molecule has 0 amide bonds. The molecule has 0 heterocycles. The Morgan fingerprint density at radius 2 is 1.74 bits per heavy atom. The summed E-state index contributed by atoms with van der Waals surface area (Å²) in [7, 11) is 0. The van der Waals surface area contributed by atoms with Crippen LogP contribution in [0, 0.1) is 0 Å². The SMILES string of the molecule is CC(C)Oc1ccc(C(=O)C2(O)CCCCC2)cc1. The van der Waals surface area contributed by atoms with Gasteiger partial charge in [-0.15, -0.1) is 0 Å². The normalized spacial score (nSPS) is 18.3. The number of carbonyl (C=O) groups excluding carboxylic acids is 1. The van der Waals surface area contributed by atoms with Gasteiger partial charge in [0.2, 0.25) is 0 Å². The average molecular weight is 262 g/mol. The predicted octanol–water partition coefficient (Wildman–Crippen LogP) is 3.35. The Morgan fingerprint density at radius 3 is 2.26 bits per heavy atom. The highest BCUT2D eigenvalue weighted by molar-refractivity contribution is 6.02. The molecule has 0 radical (unpaired) electrons. The molecule has 104 valence electrons. The first-order valence-corrected chi connectivity index (χ1v) is 7.05. The zero-order valence-corrected chi connectivity index (χ0v) is 11.7. The van der Waals surface area contributed by atoms with Gasteiger partial charge >= 0.3 is 0 Å². The van der Waals surface area contributed by atoms with Crippen LogP contribution in [-0.4, -0.2) is 22.6 Å². The number of hydrogen-bond donors (Lipinski definition) is 1. The first-order valence-electron chi connectivity index (χ1n) is 7.05. The quantitative estimate of drug-likeness (QED) is 0.846. The lowest BCUT2D eigenvalue weighted by molar-refractivity contribution is 0.0116. The fourth-order valence-corrected chi connectivity index (χ4v) is 2.59. The van der Waals surface area contributed by atoms with Crippen molar-refractivity contribution in [2.75, 3.05) is 0 Å². The van der Waals surface area contributed by atoms with E-state index in [1.807, 2.05) is 13.8 Å². The molecule has 0 saturated heterocycles. The van der Waals surface area contributed by atoms with Gasteiger partial charge < -0.3 is 9.84 Å². The Hall–Kier alpha value is -1.35. The number of benzene rings is 1. The molecule has 0 unspecified atom stereocenters. The third-order valence-electron chi connectivity index (χ3n) is 3.59. The summed E-state index contributed by atoms with van der Waals surface area (Å²) in [6.45, 7) is 3.92. The second-order valence-electron chi connectivity index (χ2n) is 5.61. The summed E-state index contributed by atoms with van der Waals surface area (Å²) in [6, 6.07) is 7.07. The Bertz CT molecular complexity index is 428. The maximum absolute atomic E-state index is 12.4. The van der Waals surface area contributed by atoms with Crippen molar-refractivity contribution in [1.82, 2.24) is 0 Å². The molecule has 2 rings (SSSR count). The molecule has 1 saturated carbocycles. The molecule has 3 heteroatoms. The predicted molar refractivity (Wildman–Crippen MR) is 74.6 cm³/mol. The summed E-state index contributed by atoms with van der Waals surface area (Å²) >= 11 is 0. The molecule has 1 aliphatic carbocycles. The lowest BCUT2D eigenvalue weighted by Crippen LogP contribution is -2.40. The minimum atomic E-state index is -1.15. The minimum Gasteiger partial charge on any atom is -0.491 e. The zero-order chi connectivity index (χ0) is 13.9. The van der Waals surface area contributed by atoms with Gasteiger partial charge in [-0.25, -0.2) is 0 Å². The number of hydrogen-bond acceptors (Lipinski definition) is 3. The van der Waals surface area contributed by atoms with Crippen molar-refractivity contribution in [3.8, 4) is 5.75 Å². The average Bonchev–Trinajstić information content (AvgIpc) is 2.39. The molecule has 0 aromatic heterocycles. The van der Waals surface area contributed by atoms with Gasteiger partial charge in [-0.3, -0.25) is 4.79 Å². The highest BCUT2D eigenvalue weighted by Gasteiger charge is 2.37. The summed E-state index contributed by atoms with van der Waals surface area (Å²) in [6.07, 6.45) is 4.24. The van der Waals surface area contributed by atoms with E-state index in [-0.39, 0.29) is 11.9 Å². The monoisotopic (exact) mass is 262 g/mol. The van der Waals surface area contributed by atoms with Gasteiger partial charge in [0, 0.05) is 5.56 Å². The Morgan fingerprint density at radius 1 is 1.16 bits per heavy atom. The van der Waals surface area contributed by atoms with E-state index < -0.39 is 5.60 Å². The van der Waals surface area contributed by atoms with Crippen LogP contribution in [0.5, 0.6) is 5.75 Å². The van der Waals surface area contributed by atoms with Crippen LogP contribution >= 0.6 is 0 Å². The number of Topliss-reactive ketones (excluding diaryl/α,β-unsaturated/α-hetero) is 1. The third-order valence-corrected chi connectivity index (χ3v) is 3.59. The minimum absolute atomic E-state index is 0.115. The van der Waals surface area contributed by atoms with Gasteiger partial charge in [0.25, 0.3) is 0 Å². The number of carbonyl (C=O) groups is 1. The van der Waals surface area contributed by atoms with E-state index in [1.54, 1.807) is 24.3 Å². The number of ether oxygens (including phenoxy) is 1. The first kappa shape index (κ1) is 14.1. The van der Waals surface area contributed by atoms with Gasteiger partial charge in [-0.2, -0.15) is 0 Å². The molecular formula is C16H22O3. The Labute approximate surface area is 114 Å². The topological polar surface area (TPSA) is 46.5 Å². The van der Waals surface area contributed by atoms with Crippen LogP contribution in [0.25, 0.3) is 0 Å². The zero-order valence-electron chi connectivity index (χ0n) is 11.7. The van der Waals surface area contributed by atoms with Crippen LogP contribution in [0.1, 0.15) is 56.3 Å². The summed E-state index contributed by atoms with van der Waals surface area (Å²) in [4.78, 5) is 12.4. The second kappa shape index (κ2) is 5.74. The standard InChI is InChI=1S/C16H22O3/c1-12(2)19-14-8-6-13(7-9-14)15(17)16(18)10-4-3-5-11-16/h6-9,12,18H,3-5,10-11H2,1-2H3. The highest BCUT2D eigenvalue weighted by Crippen LogP contribution is 2.31. The second-order valence-corrected chi connectivity index (χ2v) is 5.61. The Balaban J connectivity index is 2.10. The van der Waals surface area contributed by atoms with Crippen molar-refractivity contribution in [2.24, 2.45) is 0 Å². The van der Waals surface area contributed by atoms with Gasteiger partial charge in [-0.05, 0) is 51.0 Å². The van der Waals surface area contributed by atoms with Gasteiger partial charge in [-0.1, -0.05) is 19.3 Å². The molecule has 0 bridgehead atoms. The Kier molecular flexibility index (Phi) is 4.25. The van der Waals surface area contributed by atoms with Crippen molar-refractivity contribution in [3.63, 3.8) is 0 Å². The fraction of sp³-hybridized carbons (Fsp3) is 0.562. The molecular weight excluding hydrogens is 240 g/mol. The van der Waals surface area contributed by atoms with Crippen LogP contribution in [-0.2, 0) is 0 Å². The van der Waals surface area contributed by atoms with E-state index in [4.69, 9.17) is 4.74 Å². The van der Waals surface area contributed by atoms with E-state index in [0.717, 1.165) is 25.0 Å². The third kappa shape index (κ3) is 3.35. The van der Waals surface area contributed by atoms with E-state index in [9.17, 15) is 9.90 Å². The largest absolute Gasteiger partial charge is 0.491 e. The number of ketones is 1. The fourth-order valence-electron chi connectivity index (χ4n) is 2.59. The van der Waals surface area contributed by atoms with Crippen LogP contribution in [0.15, 0.2) is 24.3 Å². The molecule has 1 aromatic carbocycles. The molecule has 1 aliphatic rings. The molecule has 1 fully saturated rings. The van der Waals surface area contributed by atoms with Crippen LogP contribution < -0.4 is 4.74 Å². The lowest BCUT2D eigenvalue weighted by atomic mass is 9.79. The molecule has 0 spiro atoms. The van der Waals surface area contributed by atoms with Crippen molar-refractivity contribution in [2.45, 2.75) is 57.7 Å². The van der Waals surface area contributed by atoms with Crippen molar-refractivity contribution in [1.29, 1.82) is 0 Å². The molecule has 0 atom stereocenters. The molecule has 3 nitrogen and oxygen atoms in total. The summed E-state index contributed by atoms with van der Waals surface area (Å²) in [5.41, 5.74) is -0.584. The van der Waals surface area contributed by atoms with E-state index in [0.29, 0.717) is 18.4 Å². The van der Waals surface area contributed by atoms with Crippen LogP contribution in [0.2, 0.25) is 0 Å².